The summed E-state index contributed by atoms with van der Waals surface area (Å²) in [5.74, 6) is -1.01. The van der Waals surface area contributed by atoms with Gasteiger partial charge in [0.25, 0.3) is 5.91 Å². The Bertz CT molecular complexity index is 753. The van der Waals surface area contributed by atoms with E-state index in [1.54, 1.807) is 19.1 Å². The first-order valence-electron chi connectivity index (χ1n) is 6.82. The quantitative estimate of drug-likeness (QED) is 0.753. The van der Waals surface area contributed by atoms with Crippen molar-refractivity contribution in [3.63, 3.8) is 0 Å². The predicted molar refractivity (Wildman–Crippen MR) is 91.0 cm³/mol. The number of amides is 1. The number of hydrogen-bond donors (Lipinski definition) is 2. The number of benzene rings is 1. The van der Waals surface area contributed by atoms with Gasteiger partial charge in [-0.05, 0) is 25.1 Å². The average molecular weight is 390 g/mol. The topological polar surface area (TPSA) is 101 Å². The van der Waals surface area contributed by atoms with Crippen LogP contribution in [0.3, 0.4) is 0 Å². The van der Waals surface area contributed by atoms with Crippen LogP contribution in [0.25, 0.3) is 0 Å². The molecule has 1 heterocycles. The highest BCUT2D eigenvalue weighted by Gasteiger charge is 2.18. The smallest absolute Gasteiger partial charge is 0.303 e. The van der Waals surface area contributed by atoms with E-state index in [0.29, 0.717) is 20.8 Å². The minimum absolute atomic E-state index is 0.0445. The molecule has 2 rings (SSSR count). The lowest BCUT2D eigenvalue weighted by Crippen LogP contribution is -2.30. The number of carboxylic acids is 1. The van der Waals surface area contributed by atoms with Gasteiger partial charge in [0.15, 0.2) is 6.10 Å². The molecule has 1 amide bonds. The molecular weight excluding hydrogens is 377 g/mol. The third kappa shape index (κ3) is 5.33. The second-order valence-electron chi connectivity index (χ2n) is 4.72. The van der Waals surface area contributed by atoms with Gasteiger partial charge in [-0.2, -0.15) is 0 Å². The number of halogens is 2. The third-order valence-electron chi connectivity index (χ3n) is 2.82. The van der Waals surface area contributed by atoms with Crippen LogP contribution in [0, 0.1) is 0 Å². The first kappa shape index (κ1) is 18.4. The van der Waals surface area contributed by atoms with Crippen molar-refractivity contribution in [1.82, 2.24) is 10.2 Å². The van der Waals surface area contributed by atoms with Gasteiger partial charge in [0.1, 0.15) is 10.8 Å². The van der Waals surface area contributed by atoms with Gasteiger partial charge < -0.3 is 9.84 Å². The zero-order valence-electron chi connectivity index (χ0n) is 12.5. The molecule has 1 aromatic heterocycles. The molecule has 7 nitrogen and oxygen atoms in total. The van der Waals surface area contributed by atoms with Gasteiger partial charge in [-0.1, -0.05) is 34.5 Å². The summed E-state index contributed by atoms with van der Waals surface area (Å²) in [5, 5.41) is 20.4. The van der Waals surface area contributed by atoms with E-state index in [9.17, 15) is 9.59 Å². The molecule has 2 N–H and O–H groups in total. The van der Waals surface area contributed by atoms with E-state index in [1.807, 2.05) is 0 Å². The molecule has 0 saturated heterocycles. The van der Waals surface area contributed by atoms with Crippen LogP contribution in [0.2, 0.25) is 10.0 Å². The van der Waals surface area contributed by atoms with Crippen molar-refractivity contribution in [2.24, 2.45) is 0 Å². The lowest BCUT2D eigenvalue weighted by Gasteiger charge is -2.14. The summed E-state index contributed by atoms with van der Waals surface area (Å²) in [4.78, 5) is 22.6. The highest BCUT2D eigenvalue weighted by molar-refractivity contribution is 7.15. The van der Waals surface area contributed by atoms with E-state index < -0.39 is 18.0 Å². The van der Waals surface area contributed by atoms with Crippen LogP contribution in [0.15, 0.2) is 18.2 Å². The summed E-state index contributed by atoms with van der Waals surface area (Å²) in [6.45, 7) is 1.56. The van der Waals surface area contributed by atoms with E-state index in [-0.39, 0.29) is 18.0 Å². The van der Waals surface area contributed by atoms with Crippen LogP contribution in [0.5, 0.6) is 5.75 Å². The lowest BCUT2D eigenvalue weighted by molar-refractivity contribution is -0.137. The highest BCUT2D eigenvalue weighted by Crippen LogP contribution is 2.28. The van der Waals surface area contributed by atoms with E-state index >= 15 is 0 Å². The molecule has 0 aliphatic rings. The summed E-state index contributed by atoms with van der Waals surface area (Å²) in [6, 6.07) is 4.69. The number of nitrogens with zero attached hydrogens (tertiary/aromatic N) is 2. The van der Waals surface area contributed by atoms with Crippen LogP contribution in [0.4, 0.5) is 5.13 Å². The minimum atomic E-state index is -0.919. The van der Waals surface area contributed by atoms with Gasteiger partial charge in [-0.15, -0.1) is 10.2 Å². The Kier molecular flexibility index (Phi) is 6.36. The molecule has 0 fully saturated rings. The Balaban J connectivity index is 1.92. The zero-order chi connectivity index (χ0) is 17.7. The Morgan fingerprint density at radius 1 is 1.38 bits per heavy atom. The molecule has 0 bridgehead atoms. The van der Waals surface area contributed by atoms with Gasteiger partial charge in [0, 0.05) is 11.4 Å². The van der Waals surface area contributed by atoms with Crippen LogP contribution in [-0.4, -0.2) is 33.3 Å². The van der Waals surface area contributed by atoms with Crippen molar-refractivity contribution in [2.75, 3.05) is 5.32 Å². The average Bonchev–Trinajstić information content (AvgIpc) is 2.95. The second-order valence-corrected chi connectivity index (χ2v) is 6.62. The van der Waals surface area contributed by atoms with Crippen LogP contribution in [0.1, 0.15) is 18.4 Å². The van der Waals surface area contributed by atoms with Gasteiger partial charge in [0.05, 0.1) is 11.4 Å². The summed E-state index contributed by atoms with van der Waals surface area (Å²) in [7, 11) is 0. The van der Waals surface area contributed by atoms with Gasteiger partial charge >= 0.3 is 5.97 Å². The Morgan fingerprint density at radius 3 is 2.79 bits per heavy atom. The number of aliphatic carboxylic acids is 1. The van der Waals surface area contributed by atoms with E-state index in [0.717, 1.165) is 11.3 Å². The predicted octanol–water partition coefficient (Wildman–Crippen LogP) is 3.27. The molecule has 24 heavy (non-hydrogen) atoms. The SMILES string of the molecule is CC(Oc1ccc(Cl)cc1Cl)C(=O)Nc1nnc(CCC(=O)O)s1. The fourth-order valence-electron chi connectivity index (χ4n) is 1.64. The lowest BCUT2D eigenvalue weighted by atomic mass is 10.3. The van der Waals surface area contributed by atoms with E-state index in [1.165, 1.54) is 6.07 Å². The molecule has 0 saturated carbocycles. The molecule has 1 aromatic carbocycles. The molecule has 1 unspecified atom stereocenters. The number of anilines is 1. The van der Waals surface area contributed by atoms with Crippen molar-refractivity contribution >= 4 is 51.5 Å². The van der Waals surface area contributed by atoms with Gasteiger partial charge in [-0.25, -0.2) is 0 Å². The number of nitrogens with one attached hydrogen (secondary N) is 1. The summed E-state index contributed by atoms with van der Waals surface area (Å²) >= 11 is 12.9. The Labute approximate surface area is 151 Å². The number of hydrogen-bond acceptors (Lipinski definition) is 6. The molecule has 0 aliphatic heterocycles. The highest BCUT2D eigenvalue weighted by atomic mass is 35.5. The van der Waals surface area contributed by atoms with Crippen LogP contribution in [-0.2, 0) is 16.0 Å². The number of rotatable bonds is 7. The fraction of sp³-hybridized carbons (Fsp3) is 0.286. The number of aromatic nitrogens is 2. The number of carbonyl (C=O) groups is 2. The minimum Gasteiger partial charge on any atom is -0.481 e. The normalized spacial score (nSPS) is 11.8. The molecule has 10 heteroatoms. The maximum atomic E-state index is 12.1. The summed E-state index contributed by atoms with van der Waals surface area (Å²) < 4.78 is 5.50. The maximum Gasteiger partial charge on any atom is 0.303 e. The summed E-state index contributed by atoms with van der Waals surface area (Å²) in [6.07, 6.45) is -0.609. The van der Waals surface area contributed by atoms with Crippen molar-refractivity contribution in [1.29, 1.82) is 0 Å². The molecule has 1 atom stereocenters. The Hall–Kier alpha value is -1.90. The molecular formula is C14H13Cl2N3O4S. The molecule has 128 valence electrons. The largest absolute Gasteiger partial charge is 0.481 e. The van der Waals surface area contributed by atoms with Gasteiger partial charge in [-0.3, -0.25) is 14.9 Å². The Morgan fingerprint density at radius 2 is 2.12 bits per heavy atom. The number of aryl methyl sites for hydroxylation is 1. The van der Waals surface area contributed by atoms with E-state index in [2.05, 4.69) is 15.5 Å². The van der Waals surface area contributed by atoms with Crippen molar-refractivity contribution in [2.45, 2.75) is 25.9 Å². The molecule has 0 aliphatic carbocycles. The van der Waals surface area contributed by atoms with Crippen LogP contribution < -0.4 is 10.1 Å². The van der Waals surface area contributed by atoms with E-state index in [4.69, 9.17) is 33.0 Å². The number of carboxylic acid groups (broad SMARTS) is 1. The zero-order valence-corrected chi connectivity index (χ0v) is 14.8. The first-order valence-corrected chi connectivity index (χ1v) is 8.39. The molecule has 2 aromatic rings. The second kappa shape index (κ2) is 8.27. The number of ether oxygens (including phenoxy) is 1. The molecule has 0 radical (unpaired) electrons. The summed E-state index contributed by atoms with van der Waals surface area (Å²) in [5.41, 5.74) is 0. The van der Waals surface area contributed by atoms with Crippen molar-refractivity contribution < 1.29 is 19.4 Å². The fourth-order valence-corrected chi connectivity index (χ4v) is 2.84. The standard InChI is InChI=1S/C14H13Cl2N3O4S/c1-7(23-10-3-2-8(15)6-9(10)16)13(22)17-14-19-18-11(24-14)4-5-12(20)21/h2-3,6-7H,4-5H2,1H3,(H,20,21)(H,17,19,22). The molecule has 0 spiro atoms. The monoisotopic (exact) mass is 389 g/mol. The number of carbonyl (C=O) groups excluding carboxylic acids is 1. The van der Waals surface area contributed by atoms with Crippen molar-refractivity contribution in [3.05, 3.63) is 33.3 Å². The maximum absolute atomic E-state index is 12.1. The third-order valence-corrected chi connectivity index (χ3v) is 4.25. The van der Waals surface area contributed by atoms with Gasteiger partial charge in [0.2, 0.25) is 5.13 Å². The van der Waals surface area contributed by atoms with Crippen molar-refractivity contribution in [3.8, 4) is 5.75 Å². The van der Waals surface area contributed by atoms with Crippen LogP contribution >= 0.6 is 34.5 Å². The first-order chi connectivity index (χ1) is 11.3.